The summed E-state index contributed by atoms with van der Waals surface area (Å²) in [7, 11) is -3.18. The molecular weight excluding hydrogens is 323 g/mol. The number of hydrogen-bond donors (Lipinski definition) is 0. The van der Waals surface area contributed by atoms with E-state index in [-0.39, 0.29) is 6.16 Å². The zero-order chi connectivity index (χ0) is 17.6. The molecule has 6 heteroatoms. The summed E-state index contributed by atoms with van der Waals surface area (Å²) in [5.74, 6) is 0. The molecule has 2 aromatic rings. The lowest BCUT2D eigenvalue weighted by Gasteiger charge is -2.17. The molecule has 0 aliphatic heterocycles. The Hall–Kier alpha value is -1.99. The Morgan fingerprint density at radius 2 is 1.75 bits per heavy atom. The van der Waals surface area contributed by atoms with Gasteiger partial charge in [0.25, 0.3) is 0 Å². The van der Waals surface area contributed by atoms with Gasteiger partial charge in [0.1, 0.15) is 0 Å². The summed E-state index contributed by atoms with van der Waals surface area (Å²) in [5.41, 5.74) is 3.75. The van der Waals surface area contributed by atoms with Gasteiger partial charge in [0.05, 0.1) is 36.7 Å². The van der Waals surface area contributed by atoms with E-state index in [4.69, 9.17) is 9.05 Å². The normalized spacial score (nSPS) is 11.2. The van der Waals surface area contributed by atoms with E-state index in [0.29, 0.717) is 24.5 Å². The molecule has 1 aromatic carbocycles. The third kappa shape index (κ3) is 4.30. The lowest BCUT2D eigenvalue weighted by molar-refractivity contribution is 0.219. The van der Waals surface area contributed by atoms with Gasteiger partial charge in [-0.05, 0) is 32.9 Å². The lowest BCUT2D eigenvalue weighted by Crippen LogP contribution is -2.02. The molecule has 0 aliphatic rings. The Morgan fingerprint density at radius 1 is 1.08 bits per heavy atom. The van der Waals surface area contributed by atoms with Crippen LogP contribution in [0.2, 0.25) is 0 Å². The smallest absolute Gasteiger partial charge is 0.309 e. The molecule has 0 radical (unpaired) electrons. The first-order valence-corrected chi connectivity index (χ1v) is 9.60. The molecule has 24 heavy (non-hydrogen) atoms. The summed E-state index contributed by atoms with van der Waals surface area (Å²) in [5, 5.41) is 9.26. The minimum atomic E-state index is -3.18. The van der Waals surface area contributed by atoms with Crippen LogP contribution in [0.1, 0.15) is 30.8 Å². The highest BCUT2D eigenvalue weighted by Gasteiger charge is 2.25. The van der Waals surface area contributed by atoms with E-state index in [9.17, 15) is 9.83 Å². The number of nitrogens with zero attached hydrogens (tertiary/aromatic N) is 2. The Balaban J connectivity index is 2.33. The van der Waals surface area contributed by atoms with Crippen LogP contribution in [0, 0.1) is 18.3 Å². The molecule has 126 valence electrons. The average Bonchev–Trinajstić information content (AvgIpc) is 2.55. The molecule has 0 spiro atoms. The summed E-state index contributed by atoms with van der Waals surface area (Å²) in [6.07, 6.45) is 0.135. The van der Waals surface area contributed by atoms with Crippen LogP contribution in [0.25, 0.3) is 11.1 Å². The Bertz CT molecular complexity index is 789. The van der Waals surface area contributed by atoms with E-state index in [1.54, 1.807) is 26.0 Å². The number of benzene rings is 1. The van der Waals surface area contributed by atoms with Gasteiger partial charge in [-0.1, -0.05) is 24.3 Å². The molecule has 0 aliphatic carbocycles. The Labute approximate surface area is 142 Å². The topological polar surface area (TPSA) is 72.2 Å². The van der Waals surface area contributed by atoms with Gasteiger partial charge in [0.15, 0.2) is 0 Å². The van der Waals surface area contributed by atoms with Crippen molar-refractivity contribution < 1.29 is 13.6 Å². The van der Waals surface area contributed by atoms with Crippen molar-refractivity contribution in [1.29, 1.82) is 5.26 Å². The van der Waals surface area contributed by atoms with Crippen LogP contribution < -0.4 is 0 Å². The summed E-state index contributed by atoms with van der Waals surface area (Å²) in [6.45, 7) is 6.09. The summed E-state index contributed by atoms with van der Waals surface area (Å²) in [6, 6.07) is 13.3. The molecule has 0 N–H and O–H groups in total. The van der Waals surface area contributed by atoms with Crippen LogP contribution in [-0.4, -0.2) is 18.2 Å². The summed E-state index contributed by atoms with van der Waals surface area (Å²) in [4.78, 5) is 4.53. The van der Waals surface area contributed by atoms with E-state index in [0.717, 1.165) is 16.8 Å². The molecule has 0 saturated carbocycles. The van der Waals surface area contributed by atoms with Crippen molar-refractivity contribution in [2.24, 2.45) is 0 Å². The summed E-state index contributed by atoms with van der Waals surface area (Å²) >= 11 is 0. The minimum absolute atomic E-state index is 0.135. The fourth-order valence-corrected chi connectivity index (χ4v) is 4.14. The second-order valence-corrected chi connectivity index (χ2v) is 7.25. The van der Waals surface area contributed by atoms with E-state index in [1.165, 1.54) is 0 Å². The van der Waals surface area contributed by atoms with Crippen LogP contribution in [0.5, 0.6) is 0 Å². The van der Waals surface area contributed by atoms with Crippen LogP contribution in [-0.2, 0) is 19.8 Å². The van der Waals surface area contributed by atoms with Crippen molar-refractivity contribution in [3.8, 4) is 17.2 Å². The molecule has 0 bridgehead atoms. The van der Waals surface area contributed by atoms with E-state index < -0.39 is 7.60 Å². The Morgan fingerprint density at radius 3 is 2.33 bits per heavy atom. The highest BCUT2D eigenvalue weighted by Crippen LogP contribution is 2.51. The van der Waals surface area contributed by atoms with E-state index >= 15 is 0 Å². The molecule has 0 atom stereocenters. The number of aryl methyl sites for hydroxylation is 1. The van der Waals surface area contributed by atoms with Gasteiger partial charge in [0.2, 0.25) is 0 Å². The lowest BCUT2D eigenvalue weighted by atomic mass is 9.99. The largest absolute Gasteiger partial charge is 0.336 e. The third-order valence-corrected chi connectivity index (χ3v) is 5.50. The minimum Gasteiger partial charge on any atom is -0.309 e. The van der Waals surface area contributed by atoms with Crippen molar-refractivity contribution in [1.82, 2.24) is 4.98 Å². The zero-order valence-corrected chi connectivity index (χ0v) is 15.0. The molecule has 1 aromatic heterocycles. The van der Waals surface area contributed by atoms with Gasteiger partial charge in [-0.3, -0.25) is 9.55 Å². The van der Waals surface area contributed by atoms with Crippen LogP contribution in [0.3, 0.4) is 0 Å². The fourth-order valence-electron chi connectivity index (χ4n) is 2.52. The van der Waals surface area contributed by atoms with Crippen molar-refractivity contribution in [2.45, 2.75) is 26.9 Å². The monoisotopic (exact) mass is 344 g/mol. The van der Waals surface area contributed by atoms with Gasteiger partial charge in [-0.25, -0.2) is 0 Å². The van der Waals surface area contributed by atoms with Crippen LogP contribution >= 0.6 is 7.60 Å². The first-order valence-electron chi connectivity index (χ1n) is 7.87. The second-order valence-electron chi connectivity index (χ2n) is 5.20. The predicted octanol–water partition coefficient (Wildman–Crippen LogP) is 4.69. The summed E-state index contributed by atoms with van der Waals surface area (Å²) < 4.78 is 23.3. The van der Waals surface area contributed by atoms with Gasteiger partial charge in [0, 0.05) is 16.8 Å². The second kappa shape index (κ2) is 8.21. The van der Waals surface area contributed by atoms with Gasteiger partial charge in [-0.15, -0.1) is 0 Å². The SMILES string of the molecule is CCOP(=O)(Cc1ccc(-c2ccccc2C#N)c(C)n1)OCC. The maximum absolute atomic E-state index is 12.6. The molecular formula is C18H21N2O3P. The highest BCUT2D eigenvalue weighted by atomic mass is 31.2. The molecule has 1 heterocycles. The predicted molar refractivity (Wildman–Crippen MR) is 93.7 cm³/mol. The van der Waals surface area contributed by atoms with E-state index in [2.05, 4.69) is 11.1 Å². The molecule has 0 unspecified atom stereocenters. The molecule has 5 nitrogen and oxygen atoms in total. The van der Waals surface area contributed by atoms with Gasteiger partial charge in [-0.2, -0.15) is 5.26 Å². The molecule has 0 saturated heterocycles. The molecule has 2 rings (SSSR count). The number of rotatable bonds is 7. The first kappa shape index (κ1) is 18.4. The van der Waals surface area contributed by atoms with Crippen LogP contribution in [0.4, 0.5) is 0 Å². The molecule has 0 amide bonds. The maximum Gasteiger partial charge on any atom is 0.336 e. The number of aromatic nitrogens is 1. The zero-order valence-electron chi connectivity index (χ0n) is 14.2. The van der Waals surface area contributed by atoms with Gasteiger partial charge >= 0.3 is 7.60 Å². The van der Waals surface area contributed by atoms with Crippen LogP contribution in [0.15, 0.2) is 36.4 Å². The van der Waals surface area contributed by atoms with E-state index in [1.807, 2.05) is 31.2 Å². The Kier molecular flexibility index (Phi) is 6.28. The van der Waals surface area contributed by atoms with Crippen molar-refractivity contribution in [3.05, 3.63) is 53.3 Å². The quantitative estimate of drug-likeness (QED) is 0.681. The van der Waals surface area contributed by atoms with Crippen molar-refractivity contribution in [2.75, 3.05) is 13.2 Å². The molecule has 0 fully saturated rings. The fraction of sp³-hybridized carbons (Fsp3) is 0.333. The maximum atomic E-state index is 12.6. The average molecular weight is 344 g/mol. The van der Waals surface area contributed by atoms with Crippen molar-refractivity contribution in [3.63, 3.8) is 0 Å². The number of nitriles is 1. The number of pyridine rings is 1. The number of hydrogen-bond acceptors (Lipinski definition) is 5. The van der Waals surface area contributed by atoms with Gasteiger partial charge < -0.3 is 9.05 Å². The standard InChI is InChI=1S/C18H21N2O3P/c1-4-22-24(21,23-5-2)13-16-10-11-17(14(3)20-16)18-9-7-6-8-15(18)12-19/h6-11H,4-5,13H2,1-3H3. The third-order valence-electron chi connectivity index (χ3n) is 3.49. The highest BCUT2D eigenvalue weighted by molar-refractivity contribution is 7.53. The van der Waals surface area contributed by atoms with Crippen molar-refractivity contribution >= 4 is 7.60 Å². The first-order chi connectivity index (χ1) is 11.5.